The maximum Gasteiger partial charge on any atom is 0.220 e. The number of benzene rings is 1. The third-order valence-electron chi connectivity index (χ3n) is 5.48. The predicted molar refractivity (Wildman–Crippen MR) is 126 cm³/mol. The van der Waals surface area contributed by atoms with Crippen molar-refractivity contribution in [3.8, 4) is 11.5 Å². The average Bonchev–Trinajstić information content (AvgIpc) is 2.76. The van der Waals surface area contributed by atoms with Gasteiger partial charge in [0.15, 0.2) is 11.5 Å². The molecule has 0 bridgehead atoms. The van der Waals surface area contributed by atoms with Crippen molar-refractivity contribution in [1.82, 2.24) is 5.32 Å². The number of unbranched alkanes of at least 4 members (excludes halogenated alkanes) is 11. The predicted octanol–water partition coefficient (Wildman–Crippen LogP) is 7.19. The van der Waals surface area contributed by atoms with Gasteiger partial charge < -0.3 is 14.8 Å². The van der Waals surface area contributed by atoms with Gasteiger partial charge in [-0.3, -0.25) is 4.79 Å². The summed E-state index contributed by atoms with van der Waals surface area (Å²) in [5, 5.41) is 3.02. The van der Waals surface area contributed by atoms with Gasteiger partial charge in [-0.25, -0.2) is 0 Å². The van der Waals surface area contributed by atoms with Gasteiger partial charge in [-0.1, -0.05) is 90.5 Å². The van der Waals surface area contributed by atoms with Crippen LogP contribution in [-0.2, 0) is 11.3 Å². The lowest BCUT2D eigenvalue weighted by molar-refractivity contribution is -0.121. The highest BCUT2D eigenvalue weighted by atomic mass is 16.5. The molecule has 0 aliphatic rings. The maximum atomic E-state index is 12.1. The van der Waals surface area contributed by atoms with E-state index in [1.54, 1.807) is 7.11 Å². The fourth-order valence-electron chi connectivity index (χ4n) is 3.51. The quantitative estimate of drug-likeness (QED) is 0.241. The van der Waals surface area contributed by atoms with E-state index in [4.69, 9.17) is 9.47 Å². The average molecular weight is 420 g/mol. The summed E-state index contributed by atoms with van der Waals surface area (Å²) in [5.41, 5.74) is 1.03. The first-order valence-corrected chi connectivity index (χ1v) is 12.3. The van der Waals surface area contributed by atoms with Crippen LogP contribution in [0.2, 0.25) is 0 Å². The number of nitrogens with one attached hydrogen (secondary N) is 1. The number of amides is 1. The molecule has 4 nitrogen and oxygen atoms in total. The first-order valence-electron chi connectivity index (χ1n) is 12.3. The van der Waals surface area contributed by atoms with Crippen LogP contribution in [0.15, 0.2) is 18.2 Å². The topological polar surface area (TPSA) is 47.6 Å². The van der Waals surface area contributed by atoms with Gasteiger partial charge in [0.05, 0.1) is 13.7 Å². The van der Waals surface area contributed by atoms with Crippen LogP contribution in [0.5, 0.6) is 11.5 Å². The molecule has 1 rings (SSSR count). The van der Waals surface area contributed by atoms with Gasteiger partial charge >= 0.3 is 0 Å². The minimum atomic E-state index is 0.133. The molecule has 0 radical (unpaired) electrons. The Hall–Kier alpha value is -1.71. The van der Waals surface area contributed by atoms with E-state index < -0.39 is 0 Å². The number of carbonyl (C=O) groups is 1. The molecule has 0 spiro atoms. The number of methoxy groups -OCH3 is 1. The highest BCUT2D eigenvalue weighted by Crippen LogP contribution is 2.28. The number of hydrogen-bond acceptors (Lipinski definition) is 3. The van der Waals surface area contributed by atoms with E-state index in [2.05, 4.69) is 19.2 Å². The summed E-state index contributed by atoms with van der Waals surface area (Å²) in [4.78, 5) is 12.1. The van der Waals surface area contributed by atoms with Gasteiger partial charge in [0, 0.05) is 13.0 Å². The molecule has 0 aliphatic carbocycles. The van der Waals surface area contributed by atoms with E-state index in [0.29, 0.717) is 19.6 Å². The maximum absolute atomic E-state index is 12.1. The van der Waals surface area contributed by atoms with Crippen molar-refractivity contribution in [3.05, 3.63) is 23.8 Å². The Balaban J connectivity index is 2.11. The van der Waals surface area contributed by atoms with Crippen molar-refractivity contribution in [2.24, 2.45) is 0 Å². The fourth-order valence-corrected chi connectivity index (χ4v) is 3.51. The Morgan fingerprint density at radius 1 is 0.800 bits per heavy atom. The first kappa shape index (κ1) is 26.3. The van der Waals surface area contributed by atoms with Gasteiger partial charge in [0.1, 0.15) is 0 Å². The van der Waals surface area contributed by atoms with Gasteiger partial charge in [-0.05, 0) is 30.5 Å². The SMILES string of the molecule is CCCCCCCCCCCCCC(=O)NCc1ccc(OCCCC)c(OC)c1. The summed E-state index contributed by atoms with van der Waals surface area (Å²) in [5.74, 6) is 1.62. The van der Waals surface area contributed by atoms with Crippen LogP contribution in [0.1, 0.15) is 109 Å². The minimum Gasteiger partial charge on any atom is -0.493 e. The molecule has 0 saturated carbocycles. The molecular formula is C26H45NO3. The molecule has 0 atom stereocenters. The molecule has 30 heavy (non-hydrogen) atoms. The third-order valence-corrected chi connectivity index (χ3v) is 5.48. The van der Waals surface area contributed by atoms with Crippen molar-refractivity contribution >= 4 is 5.91 Å². The number of ether oxygens (including phenoxy) is 2. The van der Waals surface area contributed by atoms with E-state index in [1.807, 2.05) is 18.2 Å². The largest absolute Gasteiger partial charge is 0.493 e. The van der Waals surface area contributed by atoms with Crippen molar-refractivity contribution < 1.29 is 14.3 Å². The highest BCUT2D eigenvalue weighted by molar-refractivity contribution is 5.75. The molecule has 0 aliphatic heterocycles. The smallest absolute Gasteiger partial charge is 0.220 e. The second kappa shape index (κ2) is 18.1. The molecule has 172 valence electrons. The zero-order chi connectivity index (χ0) is 21.9. The zero-order valence-electron chi connectivity index (χ0n) is 19.8. The summed E-state index contributed by atoms with van der Waals surface area (Å²) in [6, 6.07) is 5.87. The zero-order valence-corrected chi connectivity index (χ0v) is 19.8. The third kappa shape index (κ3) is 12.8. The van der Waals surface area contributed by atoms with Crippen molar-refractivity contribution in [2.45, 2.75) is 110 Å². The molecule has 0 unspecified atom stereocenters. The number of hydrogen-bond donors (Lipinski definition) is 1. The lowest BCUT2D eigenvalue weighted by atomic mass is 10.1. The molecule has 4 heteroatoms. The van der Waals surface area contributed by atoms with Crippen LogP contribution in [0.25, 0.3) is 0 Å². The molecule has 1 aromatic carbocycles. The van der Waals surface area contributed by atoms with Crippen LogP contribution in [-0.4, -0.2) is 19.6 Å². The van der Waals surface area contributed by atoms with E-state index in [-0.39, 0.29) is 5.91 Å². The standard InChI is InChI=1S/C26H45NO3/c1-4-6-8-9-10-11-12-13-14-15-16-17-26(28)27-22-23-18-19-24(25(21-23)29-3)30-20-7-5-2/h18-19,21H,4-17,20,22H2,1-3H3,(H,27,28). The molecule has 1 N–H and O–H groups in total. The monoisotopic (exact) mass is 419 g/mol. The van der Waals surface area contributed by atoms with Gasteiger partial charge in [0.2, 0.25) is 5.91 Å². The van der Waals surface area contributed by atoms with Gasteiger partial charge in [-0.15, -0.1) is 0 Å². The Labute approximate surface area is 185 Å². The van der Waals surface area contributed by atoms with Crippen LogP contribution < -0.4 is 14.8 Å². The van der Waals surface area contributed by atoms with Crippen LogP contribution in [0.4, 0.5) is 0 Å². The Morgan fingerprint density at radius 2 is 1.40 bits per heavy atom. The minimum absolute atomic E-state index is 0.133. The Bertz CT molecular complexity index is 559. The number of rotatable bonds is 19. The molecule has 1 amide bonds. The lowest BCUT2D eigenvalue weighted by Gasteiger charge is -2.12. The second-order valence-electron chi connectivity index (χ2n) is 8.25. The molecule has 0 aromatic heterocycles. The summed E-state index contributed by atoms with van der Waals surface area (Å²) in [6.45, 7) is 5.63. The molecular weight excluding hydrogens is 374 g/mol. The molecule has 0 saturated heterocycles. The van der Waals surface area contributed by atoms with Crippen molar-refractivity contribution in [3.63, 3.8) is 0 Å². The summed E-state index contributed by atoms with van der Waals surface area (Å²) >= 11 is 0. The number of carbonyl (C=O) groups excluding carboxylic acids is 1. The molecule has 0 heterocycles. The van der Waals surface area contributed by atoms with Crippen molar-refractivity contribution in [2.75, 3.05) is 13.7 Å². The first-order chi connectivity index (χ1) is 14.7. The van der Waals surface area contributed by atoms with Gasteiger partial charge in [0.25, 0.3) is 0 Å². The van der Waals surface area contributed by atoms with Crippen LogP contribution in [0.3, 0.4) is 0 Å². The summed E-state index contributed by atoms with van der Waals surface area (Å²) in [7, 11) is 1.65. The fraction of sp³-hybridized carbons (Fsp3) is 0.731. The Morgan fingerprint density at radius 3 is 2.00 bits per heavy atom. The lowest BCUT2D eigenvalue weighted by Crippen LogP contribution is -2.22. The normalized spacial score (nSPS) is 10.8. The summed E-state index contributed by atoms with van der Waals surface area (Å²) in [6.07, 6.45) is 17.0. The van der Waals surface area contributed by atoms with Crippen LogP contribution >= 0.6 is 0 Å². The molecule has 1 aromatic rings. The highest BCUT2D eigenvalue weighted by Gasteiger charge is 2.07. The van der Waals surface area contributed by atoms with E-state index in [1.165, 1.54) is 57.8 Å². The molecule has 0 fully saturated rings. The van der Waals surface area contributed by atoms with Crippen LogP contribution in [0, 0.1) is 0 Å². The van der Waals surface area contributed by atoms with Crippen molar-refractivity contribution in [1.29, 1.82) is 0 Å². The van der Waals surface area contributed by atoms with E-state index >= 15 is 0 Å². The Kier molecular flexibility index (Phi) is 15.9. The second-order valence-corrected chi connectivity index (χ2v) is 8.25. The van der Waals surface area contributed by atoms with E-state index in [0.717, 1.165) is 42.7 Å². The van der Waals surface area contributed by atoms with Gasteiger partial charge in [-0.2, -0.15) is 0 Å². The van der Waals surface area contributed by atoms with E-state index in [9.17, 15) is 4.79 Å². The summed E-state index contributed by atoms with van der Waals surface area (Å²) < 4.78 is 11.2.